The van der Waals surface area contributed by atoms with Crippen molar-refractivity contribution in [3.05, 3.63) is 83.9 Å². The van der Waals surface area contributed by atoms with Crippen LogP contribution in [0.1, 0.15) is 49.3 Å². The Labute approximate surface area is 218 Å². The molecular weight excluding hydrogens is 468 g/mol. The first kappa shape index (κ1) is 26.6. The zero-order chi connectivity index (χ0) is 26.0. The van der Waals surface area contributed by atoms with Gasteiger partial charge in [-0.15, -0.1) is 0 Å². The number of aliphatic hydroxyl groups is 1. The molecule has 0 unspecified atom stereocenters. The fraction of sp³-hybridized carbons (Fsp3) is 0.433. The van der Waals surface area contributed by atoms with Crippen LogP contribution < -0.4 is 5.32 Å². The molecule has 2 aromatic rings. The third kappa shape index (κ3) is 7.29. The summed E-state index contributed by atoms with van der Waals surface area (Å²) in [6, 6.07) is 19.1. The number of likely N-dealkylation sites (tertiary alicyclic amines) is 1. The highest BCUT2D eigenvalue weighted by atomic mass is 16.5. The summed E-state index contributed by atoms with van der Waals surface area (Å²) in [6.07, 6.45) is 6.35. The second kappa shape index (κ2) is 13.2. The van der Waals surface area contributed by atoms with Crippen molar-refractivity contribution in [2.45, 2.75) is 50.7 Å². The fourth-order valence-corrected chi connectivity index (χ4v) is 5.12. The van der Waals surface area contributed by atoms with Crippen LogP contribution in [-0.2, 0) is 25.5 Å². The van der Waals surface area contributed by atoms with Gasteiger partial charge in [0.25, 0.3) is 0 Å². The Morgan fingerprint density at radius 2 is 1.65 bits per heavy atom. The summed E-state index contributed by atoms with van der Waals surface area (Å²) in [6.45, 7) is 0.681. The number of allylic oxidation sites excluding steroid dienone is 2. The van der Waals surface area contributed by atoms with E-state index in [0.717, 1.165) is 24.0 Å². The summed E-state index contributed by atoms with van der Waals surface area (Å²) in [5, 5.41) is 12.6. The molecular formula is C30H36N2O5. The van der Waals surface area contributed by atoms with Crippen molar-refractivity contribution < 1.29 is 24.2 Å². The molecule has 7 nitrogen and oxygen atoms in total. The molecule has 2 aromatic carbocycles. The molecule has 196 valence electrons. The van der Waals surface area contributed by atoms with Gasteiger partial charge in [0, 0.05) is 13.0 Å². The van der Waals surface area contributed by atoms with Crippen molar-refractivity contribution in [2.24, 2.45) is 11.8 Å². The van der Waals surface area contributed by atoms with Crippen molar-refractivity contribution in [2.75, 3.05) is 19.7 Å². The van der Waals surface area contributed by atoms with Gasteiger partial charge >= 0.3 is 5.97 Å². The normalized spacial score (nSPS) is 25.1. The average Bonchev–Trinajstić information content (AvgIpc) is 3.41. The number of ether oxygens (including phenoxy) is 1. The number of rotatable bonds is 6. The van der Waals surface area contributed by atoms with Gasteiger partial charge < -0.3 is 20.1 Å². The number of hydrogen-bond donors (Lipinski definition) is 2. The maximum atomic E-state index is 13.3. The summed E-state index contributed by atoms with van der Waals surface area (Å²) in [5.41, 5.74) is 1.86. The molecule has 4 atom stereocenters. The number of carbonyl (C=O) groups excluding carboxylic acids is 3. The molecule has 37 heavy (non-hydrogen) atoms. The lowest BCUT2D eigenvalue weighted by Gasteiger charge is -2.26. The summed E-state index contributed by atoms with van der Waals surface area (Å²) >= 11 is 0. The van der Waals surface area contributed by atoms with Crippen LogP contribution >= 0.6 is 0 Å². The van der Waals surface area contributed by atoms with E-state index in [2.05, 4.69) is 5.32 Å². The first-order chi connectivity index (χ1) is 18.0. The fourth-order valence-electron chi connectivity index (χ4n) is 5.12. The number of esters is 1. The second-order valence-electron chi connectivity index (χ2n) is 9.88. The van der Waals surface area contributed by atoms with E-state index in [0.29, 0.717) is 25.8 Å². The molecule has 2 aliphatic heterocycles. The van der Waals surface area contributed by atoms with Crippen LogP contribution in [-0.4, -0.2) is 53.5 Å². The van der Waals surface area contributed by atoms with Crippen LogP contribution in [0.2, 0.25) is 0 Å². The molecule has 2 amide bonds. The Bertz CT molecular complexity index is 1070. The molecule has 7 heteroatoms. The molecule has 2 heterocycles. The standard InChI is InChI=1S/C30H36N2O5/c33-21-26-16-9-17-32(26)28(34)19-24-14-7-8-15-25(18-22-10-3-1-4-11-22)30(36)37-27(20-31-29(24)35)23-12-5-2-6-13-23/h1-8,10-13,24-27,33H,9,14-21H2,(H,31,35)/t24-,25-,26+,27-/m1/s1. The average molecular weight is 505 g/mol. The van der Waals surface area contributed by atoms with Crippen LogP contribution in [0.3, 0.4) is 0 Å². The molecule has 0 bridgehead atoms. The molecule has 0 aliphatic carbocycles. The Kier molecular flexibility index (Phi) is 9.49. The Hall–Kier alpha value is -3.45. The Morgan fingerprint density at radius 1 is 0.973 bits per heavy atom. The van der Waals surface area contributed by atoms with Gasteiger partial charge in [-0.25, -0.2) is 0 Å². The molecule has 4 rings (SSSR count). The van der Waals surface area contributed by atoms with Gasteiger partial charge in [0.15, 0.2) is 0 Å². The number of carbonyl (C=O) groups is 3. The monoisotopic (exact) mass is 504 g/mol. The van der Waals surface area contributed by atoms with Crippen LogP contribution in [0.4, 0.5) is 0 Å². The number of hydrogen-bond acceptors (Lipinski definition) is 5. The van der Waals surface area contributed by atoms with Gasteiger partial charge in [-0.05, 0) is 43.2 Å². The van der Waals surface area contributed by atoms with E-state index in [9.17, 15) is 19.5 Å². The van der Waals surface area contributed by atoms with Crippen LogP contribution in [0, 0.1) is 11.8 Å². The van der Waals surface area contributed by atoms with Crippen LogP contribution in [0.25, 0.3) is 0 Å². The lowest BCUT2D eigenvalue weighted by molar-refractivity contribution is -0.155. The van der Waals surface area contributed by atoms with Crippen molar-refractivity contribution in [1.29, 1.82) is 0 Å². The van der Waals surface area contributed by atoms with E-state index < -0.39 is 12.0 Å². The van der Waals surface area contributed by atoms with Gasteiger partial charge in [0.1, 0.15) is 6.10 Å². The van der Waals surface area contributed by atoms with E-state index in [1.807, 2.05) is 72.8 Å². The zero-order valence-electron chi connectivity index (χ0n) is 21.1. The number of nitrogens with zero attached hydrogens (tertiary/aromatic N) is 1. The first-order valence-electron chi connectivity index (χ1n) is 13.2. The largest absolute Gasteiger partial charge is 0.455 e. The molecule has 1 fully saturated rings. The third-order valence-electron chi connectivity index (χ3n) is 7.26. The molecule has 0 radical (unpaired) electrons. The van der Waals surface area contributed by atoms with Gasteiger partial charge in [-0.2, -0.15) is 0 Å². The SMILES string of the molecule is O=C1NC[C@H](c2ccccc2)OC(=O)[C@@H](Cc2ccccc2)CC=CC[C@@H]1CC(=O)N1CCC[C@H]1CO. The predicted octanol–water partition coefficient (Wildman–Crippen LogP) is 3.59. The molecule has 2 N–H and O–H groups in total. The minimum Gasteiger partial charge on any atom is -0.455 e. The molecule has 1 saturated heterocycles. The number of amides is 2. The van der Waals surface area contributed by atoms with Gasteiger partial charge in [-0.1, -0.05) is 72.8 Å². The van der Waals surface area contributed by atoms with Gasteiger partial charge in [0.05, 0.1) is 31.0 Å². The predicted molar refractivity (Wildman–Crippen MR) is 140 cm³/mol. The van der Waals surface area contributed by atoms with Crippen molar-refractivity contribution in [1.82, 2.24) is 10.2 Å². The second-order valence-corrected chi connectivity index (χ2v) is 9.88. The minimum atomic E-state index is -0.631. The van der Waals surface area contributed by atoms with E-state index >= 15 is 0 Å². The molecule has 0 saturated carbocycles. The minimum absolute atomic E-state index is 0.0601. The smallest absolute Gasteiger partial charge is 0.310 e. The van der Waals surface area contributed by atoms with Crippen molar-refractivity contribution in [3.63, 3.8) is 0 Å². The topological polar surface area (TPSA) is 95.9 Å². The number of cyclic esters (lactones) is 1. The molecule has 0 spiro atoms. The Balaban J connectivity index is 1.54. The highest BCUT2D eigenvalue weighted by Gasteiger charge is 2.32. The van der Waals surface area contributed by atoms with Crippen molar-refractivity contribution in [3.8, 4) is 0 Å². The molecule has 2 aliphatic rings. The van der Waals surface area contributed by atoms with E-state index in [-0.39, 0.29) is 49.3 Å². The highest BCUT2D eigenvalue weighted by molar-refractivity contribution is 5.86. The summed E-state index contributed by atoms with van der Waals surface area (Å²) in [7, 11) is 0. The number of benzene rings is 2. The van der Waals surface area contributed by atoms with E-state index in [4.69, 9.17) is 4.74 Å². The highest BCUT2D eigenvalue weighted by Crippen LogP contribution is 2.25. The summed E-state index contributed by atoms with van der Waals surface area (Å²) in [5.74, 6) is -1.55. The first-order valence-corrected chi connectivity index (χ1v) is 13.2. The van der Waals surface area contributed by atoms with Gasteiger partial charge in [0.2, 0.25) is 11.8 Å². The van der Waals surface area contributed by atoms with E-state index in [1.54, 1.807) is 4.90 Å². The zero-order valence-corrected chi connectivity index (χ0v) is 21.1. The number of aliphatic hydroxyl groups excluding tert-OH is 1. The third-order valence-corrected chi connectivity index (χ3v) is 7.26. The quantitative estimate of drug-likeness (QED) is 0.463. The lowest BCUT2D eigenvalue weighted by Crippen LogP contribution is -2.41. The van der Waals surface area contributed by atoms with Crippen LogP contribution in [0.15, 0.2) is 72.8 Å². The van der Waals surface area contributed by atoms with E-state index in [1.165, 1.54) is 0 Å². The molecule has 0 aromatic heterocycles. The number of nitrogens with one attached hydrogen (secondary N) is 1. The van der Waals surface area contributed by atoms with Crippen molar-refractivity contribution >= 4 is 17.8 Å². The maximum absolute atomic E-state index is 13.3. The lowest BCUT2D eigenvalue weighted by atomic mass is 9.94. The van der Waals surface area contributed by atoms with Crippen LogP contribution in [0.5, 0.6) is 0 Å². The maximum Gasteiger partial charge on any atom is 0.310 e. The Morgan fingerprint density at radius 3 is 2.35 bits per heavy atom. The summed E-state index contributed by atoms with van der Waals surface area (Å²) < 4.78 is 5.98. The van der Waals surface area contributed by atoms with Gasteiger partial charge in [-0.3, -0.25) is 14.4 Å². The summed E-state index contributed by atoms with van der Waals surface area (Å²) in [4.78, 5) is 41.2.